The quantitative estimate of drug-likeness (QED) is 0.717. The van der Waals surface area contributed by atoms with Crippen LogP contribution in [-0.2, 0) is 0 Å². The van der Waals surface area contributed by atoms with Gasteiger partial charge in [-0.05, 0) is 24.6 Å². The van der Waals surface area contributed by atoms with E-state index >= 15 is 0 Å². The molecule has 1 aromatic heterocycles. The van der Waals surface area contributed by atoms with Crippen LogP contribution in [0.2, 0.25) is 0 Å². The van der Waals surface area contributed by atoms with E-state index in [0.29, 0.717) is 0 Å². The maximum absolute atomic E-state index is 9.28. The monoisotopic (exact) mass is 166 g/mol. The zero-order chi connectivity index (χ0) is 9.14. The first kappa shape index (κ1) is 9.00. The minimum Gasteiger partial charge on any atom is -0.389 e. The third-order valence-electron chi connectivity index (χ3n) is 1.71. The van der Waals surface area contributed by atoms with Crippen molar-refractivity contribution in [2.24, 2.45) is 0 Å². The second-order valence-corrected chi connectivity index (χ2v) is 3.02. The van der Waals surface area contributed by atoms with E-state index in [1.165, 1.54) is 0 Å². The van der Waals surface area contributed by atoms with Crippen LogP contribution in [0.1, 0.15) is 18.6 Å². The number of nitrogens with zero attached hydrogens (tertiary/aromatic N) is 2. The molecule has 0 saturated carbocycles. The molecular formula is C9H14N2O. The summed E-state index contributed by atoms with van der Waals surface area (Å²) in [6.45, 7) is 1.74. The molecule has 0 fully saturated rings. The summed E-state index contributed by atoms with van der Waals surface area (Å²) >= 11 is 0. The third-order valence-corrected chi connectivity index (χ3v) is 1.71. The highest BCUT2D eigenvalue weighted by molar-refractivity contribution is 5.39. The number of aromatic nitrogens is 1. The van der Waals surface area contributed by atoms with Gasteiger partial charge in [0.25, 0.3) is 0 Å². The molecule has 0 aliphatic heterocycles. The Morgan fingerprint density at radius 1 is 1.50 bits per heavy atom. The summed E-state index contributed by atoms with van der Waals surface area (Å²) in [5, 5.41) is 9.28. The lowest BCUT2D eigenvalue weighted by Crippen LogP contribution is -2.10. The van der Waals surface area contributed by atoms with E-state index in [1.807, 2.05) is 31.1 Å². The number of aliphatic hydroxyl groups excluding tert-OH is 1. The van der Waals surface area contributed by atoms with Gasteiger partial charge in [-0.15, -0.1) is 0 Å². The lowest BCUT2D eigenvalue weighted by atomic mass is 10.2. The van der Waals surface area contributed by atoms with Crippen molar-refractivity contribution in [3.8, 4) is 0 Å². The lowest BCUT2D eigenvalue weighted by molar-refractivity contribution is 0.199. The number of aliphatic hydroxyl groups is 1. The Hall–Kier alpha value is -1.09. The molecule has 3 heteroatoms. The smallest absolute Gasteiger partial charge is 0.128 e. The van der Waals surface area contributed by atoms with Gasteiger partial charge in [0.05, 0.1) is 6.10 Å². The number of hydrogen-bond acceptors (Lipinski definition) is 3. The zero-order valence-corrected chi connectivity index (χ0v) is 7.65. The highest BCUT2D eigenvalue weighted by Gasteiger charge is 2.02. The first-order valence-corrected chi connectivity index (χ1v) is 3.92. The summed E-state index contributed by atoms with van der Waals surface area (Å²) in [6.07, 6.45) is 1.28. The van der Waals surface area contributed by atoms with E-state index in [1.54, 1.807) is 13.1 Å². The first-order chi connectivity index (χ1) is 5.61. The van der Waals surface area contributed by atoms with Gasteiger partial charge in [0.1, 0.15) is 5.82 Å². The van der Waals surface area contributed by atoms with Crippen molar-refractivity contribution in [2.75, 3.05) is 19.0 Å². The largest absolute Gasteiger partial charge is 0.389 e. The average molecular weight is 166 g/mol. The Balaban J connectivity index is 2.96. The number of rotatable bonds is 2. The molecule has 1 atom stereocenters. The van der Waals surface area contributed by atoms with Gasteiger partial charge in [0.15, 0.2) is 0 Å². The Kier molecular flexibility index (Phi) is 2.65. The van der Waals surface area contributed by atoms with Crippen molar-refractivity contribution in [3.63, 3.8) is 0 Å². The summed E-state index contributed by atoms with van der Waals surface area (Å²) in [5.41, 5.74) is 0.897. The third kappa shape index (κ3) is 1.95. The Bertz CT molecular complexity index is 235. The van der Waals surface area contributed by atoms with Gasteiger partial charge < -0.3 is 10.0 Å². The van der Waals surface area contributed by atoms with Crippen LogP contribution >= 0.6 is 0 Å². The average Bonchev–Trinajstić information content (AvgIpc) is 2.04. The summed E-state index contributed by atoms with van der Waals surface area (Å²) in [6, 6.07) is 3.70. The molecule has 0 amide bonds. The van der Waals surface area contributed by atoms with Gasteiger partial charge in [0, 0.05) is 20.3 Å². The van der Waals surface area contributed by atoms with Crippen molar-refractivity contribution in [3.05, 3.63) is 23.9 Å². The van der Waals surface area contributed by atoms with Gasteiger partial charge in [0.2, 0.25) is 0 Å². The van der Waals surface area contributed by atoms with E-state index in [9.17, 15) is 5.11 Å². The number of anilines is 1. The molecule has 0 aromatic carbocycles. The SMILES string of the molecule is C[C@H](O)c1ccnc(N(C)C)c1. The molecule has 1 rings (SSSR count). The van der Waals surface area contributed by atoms with Crippen molar-refractivity contribution < 1.29 is 5.11 Å². The van der Waals surface area contributed by atoms with Gasteiger partial charge >= 0.3 is 0 Å². The molecule has 66 valence electrons. The number of pyridine rings is 1. The number of hydrogen-bond donors (Lipinski definition) is 1. The fourth-order valence-electron chi connectivity index (χ4n) is 0.939. The normalized spacial score (nSPS) is 12.7. The Morgan fingerprint density at radius 3 is 2.67 bits per heavy atom. The van der Waals surface area contributed by atoms with Crippen molar-refractivity contribution in [1.29, 1.82) is 0 Å². The zero-order valence-electron chi connectivity index (χ0n) is 7.65. The highest BCUT2D eigenvalue weighted by Crippen LogP contribution is 2.15. The summed E-state index contributed by atoms with van der Waals surface area (Å²) in [7, 11) is 3.85. The Labute approximate surface area is 72.7 Å². The fourth-order valence-corrected chi connectivity index (χ4v) is 0.939. The van der Waals surface area contributed by atoms with E-state index in [4.69, 9.17) is 0 Å². The van der Waals surface area contributed by atoms with Gasteiger partial charge in [-0.1, -0.05) is 0 Å². The van der Waals surface area contributed by atoms with E-state index < -0.39 is 6.10 Å². The van der Waals surface area contributed by atoms with Crippen LogP contribution in [0, 0.1) is 0 Å². The summed E-state index contributed by atoms with van der Waals surface area (Å²) in [5.74, 6) is 0.869. The molecule has 0 unspecified atom stereocenters. The maximum atomic E-state index is 9.28. The van der Waals surface area contributed by atoms with Crippen molar-refractivity contribution in [2.45, 2.75) is 13.0 Å². The second-order valence-electron chi connectivity index (χ2n) is 3.02. The lowest BCUT2D eigenvalue weighted by Gasteiger charge is -2.12. The van der Waals surface area contributed by atoms with Gasteiger partial charge in [-0.3, -0.25) is 0 Å². The molecule has 0 bridgehead atoms. The van der Waals surface area contributed by atoms with Crippen molar-refractivity contribution in [1.82, 2.24) is 4.98 Å². The van der Waals surface area contributed by atoms with Gasteiger partial charge in [-0.25, -0.2) is 4.98 Å². The van der Waals surface area contributed by atoms with Gasteiger partial charge in [-0.2, -0.15) is 0 Å². The van der Waals surface area contributed by atoms with E-state index in [-0.39, 0.29) is 0 Å². The molecule has 3 nitrogen and oxygen atoms in total. The molecule has 1 N–H and O–H groups in total. The summed E-state index contributed by atoms with van der Waals surface area (Å²) < 4.78 is 0. The molecule has 0 spiro atoms. The van der Waals surface area contributed by atoms with Crippen LogP contribution in [-0.4, -0.2) is 24.2 Å². The topological polar surface area (TPSA) is 36.4 Å². The summed E-state index contributed by atoms with van der Waals surface area (Å²) in [4.78, 5) is 6.04. The molecule has 0 aliphatic carbocycles. The predicted molar refractivity (Wildman–Crippen MR) is 49.2 cm³/mol. The molecule has 12 heavy (non-hydrogen) atoms. The van der Waals surface area contributed by atoms with Crippen LogP contribution in [0.15, 0.2) is 18.3 Å². The second kappa shape index (κ2) is 3.54. The molecule has 0 saturated heterocycles. The standard InChI is InChI=1S/C9H14N2O/c1-7(12)8-4-5-10-9(6-8)11(2)3/h4-7,12H,1-3H3/t7-/m0/s1. The minimum atomic E-state index is -0.424. The predicted octanol–water partition coefficient (Wildman–Crippen LogP) is 1.20. The van der Waals surface area contributed by atoms with Crippen LogP contribution in [0.25, 0.3) is 0 Å². The molecule has 0 radical (unpaired) electrons. The van der Waals surface area contributed by atoms with Crippen LogP contribution in [0.3, 0.4) is 0 Å². The molecular weight excluding hydrogens is 152 g/mol. The van der Waals surface area contributed by atoms with Crippen LogP contribution in [0.5, 0.6) is 0 Å². The molecule has 0 aliphatic rings. The fraction of sp³-hybridized carbons (Fsp3) is 0.444. The Morgan fingerprint density at radius 2 is 2.17 bits per heavy atom. The molecule has 1 aromatic rings. The maximum Gasteiger partial charge on any atom is 0.128 e. The van der Waals surface area contributed by atoms with E-state index in [2.05, 4.69) is 4.98 Å². The van der Waals surface area contributed by atoms with Crippen molar-refractivity contribution >= 4 is 5.82 Å². The highest BCUT2D eigenvalue weighted by atomic mass is 16.3. The van der Waals surface area contributed by atoms with Crippen LogP contribution < -0.4 is 4.90 Å². The first-order valence-electron chi connectivity index (χ1n) is 3.92. The van der Waals surface area contributed by atoms with E-state index in [0.717, 1.165) is 11.4 Å². The van der Waals surface area contributed by atoms with Crippen LogP contribution in [0.4, 0.5) is 5.82 Å². The minimum absolute atomic E-state index is 0.424. The molecule has 1 heterocycles.